The molecule has 0 spiro atoms. The third-order valence-corrected chi connectivity index (χ3v) is 6.29. The number of nitrogens with zero attached hydrogens (tertiary/aromatic N) is 5. The fourth-order valence-electron chi connectivity index (χ4n) is 2.18. The molecule has 1 saturated carbocycles. The molecule has 0 aromatic carbocycles. The third kappa shape index (κ3) is 3.35. The van der Waals surface area contributed by atoms with Crippen molar-refractivity contribution in [1.29, 1.82) is 0 Å². The summed E-state index contributed by atoms with van der Waals surface area (Å²) in [5.41, 5.74) is 0. The summed E-state index contributed by atoms with van der Waals surface area (Å²) in [5, 5.41) is 14.9. The van der Waals surface area contributed by atoms with Crippen molar-refractivity contribution >= 4 is 45.5 Å². The van der Waals surface area contributed by atoms with Gasteiger partial charge in [0.2, 0.25) is 22.8 Å². The van der Waals surface area contributed by atoms with Crippen molar-refractivity contribution in [2.24, 2.45) is 0 Å². The molecule has 0 unspecified atom stereocenters. The molecule has 0 bridgehead atoms. The molecule has 1 fully saturated rings. The lowest BCUT2D eigenvalue weighted by Gasteiger charge is -2.15. The van der Waals surface area contributed by atoms with E-state index in [2.05, 4.69) is 20.3 Å². The monoisotopic (exact) mass is 379 g/mol. The Morgan fingerprint density at radius 1 is 1.46 bits per heavy atom. The van der Waals surface area contributed by atoms with Crippen LogP contribution in [0.25, 0.3) is 10.7 Å². The van der Waals surface area contributed by atoms with Gasteiger partial charge in [0.05, 0.1) is 10.6 Å². The molecule has 0 N–H and O–H groups in total. The lowest BCUT2D eigenvalue weighted by atomic mass is 10.4. The summed E-state index contributed by atoms with van der Waals surface area (Å²) < 4.78 is 6.05. The number of carbonyl (C=O) groups excluding carboxylic acids is 1. The van der Waals surface area contributed by atoms with E-state index in [1.54, 1.807) is 23.2 Å². The highest BCUT2D eigenvalue weighted by atomic mass is 32.2. The number of rotatable bonds is 6. The van der Waals surface area contributed by atoms with Gasteiger partial charge in [-0.3, -0.25) is 9.69 Å². The summed E-state index contributed by atoms with van der Waals surface area (Å²) in [7, 11) is 0. The van der Waals surface area contributed by atoms with Crippen LogP contribution in [0.1, 0.15) is 25.7 Å². The molecule has 124 valence electrons. The predicted molar refractivity (Wildman–Crippen MR) is 93.3 cm³/mol. The van der Waals surface area contributed by atoms with Gasteiger partial charge in [-0.2, -0.15) is 4.98 Å². The Balaban J connectivity index is 1.40. The van der Waals surface area contributed by atoms with Crippen molar-refractivity contribution in [3.8, 4) is 10.7 Å². The normalized spacial score (nSPS) is 14.0. The van der Waals surface area contributed by atoms with Crippen LogP contribution in [-0.4, -0.2) is 32.3 Å². The number of thioether (sulfide) groups is 1. The first-order valence-electron chi connectivity index (χ1n) is 7.33. The Kier molecular flexibility index (Phi) is 4.33. The third-order valence-electron chi connectivity index (χ3n) is 3.38. The van der Waals surface area contributed by atoms with Gasteiger partial charge in [0.1, 0.15) is 0 Å². The minimum Gasteiger partial charge on any atom is -0.338 e. The molecule has 1 aliphatic rings. The minimum atomic E-state index is 0.0164. The van der Waals surface area contributed by atoms with Crippen LogP contribution >= 0.6 is 34.4 Å². The highest BCUT2D eigenvalue weighted by Gasteiger charge is 2.34. The maximum absolute atomic E-state index is 11.8. The Hall–Kier alpha value is -1.78. The molecule has 3 heterocycles. The van der Waals surface area contributed by atoms with Crippen molar-refractivity contribution in [2.75, 3.05) is 4.90 Å². The lowest BCUT2D eigenvalue weighted by Crippen LogP contribution is -2.30. The van der Waals surface area contributed by atoms with Crippen LogP contribution in [0.3, 0.4) is 0 Å². The topological polar surface area (TPSA) is 85.0 Å². The molecule has 7 nitrogen and oxygen atoms in total. The Labute approximate surface area is 150 Å². The first-order chi connectivity index (χ1) is 11.7. The molecule has 1 aliphatic carbocycles. The maximum Gasteiger partial charge on any atom is 0.237 e. The van der Waals surface area contributed by atoms with Gasteiger partial charge in [-0.25, -0.2) is 0 Å². The van der Waals surface area contributed by atoms with Gasteiger partial charge in [0.15, 0.2) is 4.34 Å². The second-order valence-electron chi connectivity index (χ2n) is 5.25. The van der Waals surface area contributed by atoms with E-state index in [0.29, 0.717) is 22.6 Å². The summed E-state index contributed by atoms with van der Waals surface area (Å²) in [6.45, 7) is 1.57. The summed E-state index contributed by atoms with van der Waals surface area (Å²) >= 11 is 4.47. The molecule has 0 radical (unpaired) electrons. The SMILES string of the molecule is CC(=O)N(c1nnc(SCc2nc(-c3cccs3)no2)s1)C1CC1. The van der Waals surface area contributed by atoms with Crippen molar-refractivity contribution < 1.29 is 9.32 Å². The molecular weight excluding hydrogens is 366 g/mol. The molecule has 3 aromatic heterocycles. The zero-order valence-corrected chi connectivity index (χ0v) is 15.2. The van der Waals surface area contributed by atoms with Gasteiger partial charge in [-0.1, -0.05) is 34.3 Å². The summed E-state index contributed by atoms with van der Waals surface area (Å²) in [4.78, 5) is 18.9. The fourth-order valence-corrected chi connectivity index (χ4v) is 4.63. The Morgan fingerprint density at radius 2 is 2.33 bits per heavy atom. The molecule has 0 saturated heterocycles. The van der Waals surface area contributed by atoms with Gasteiger partial charge in [0.25, 0.3) is 0 Å². The number of thiophene rings is 1. The van der Waals surface area contributed by atoms with Crippen molar-refractivity contribution in [1.82, 2.24) is 20.3 Å². The van der Waals surface area contributed by atoms with E-state index < -0.39 is 0 Å². The Bertz CT molecular complexity index is 840. The average Bonchev–Trinajstić information content (AvgIpc) is 3.02. The lowest BCUT2D eigenvalue weighted by molar-refractivity contribution is -0.116. The van der Waals surface area contributed by atoms with Crippen molar-refractivity contribution in [2.45, 2.75) is 35.9 Å². The first kappa shape index (κ1) is 15.7. The van der Waals surface area contributed by atoms with E-state index in [1.165, 1.54) is 23.1 Å². The molecule has 24 heavy (non-hydrogen) atoms. The first-order valence-corrected chi connectivity index (χ1v) is 10.0. The number of hydrogen-bond donors (Lipinski definition) is 0. The summed E-state index contributed by atoms with van der Waals surface area (Å²) in [5.74, 6) is 1.69. The molecule has 1 amide bonds. The predicted octanol–water partition coefficient (Wildman–Crippen LogP) is 3.46. The van der Waals surface area contributed by atoms with Crippen LogP contribution in [-0.2, 0) is 10.5 Å². The zero-order chi connectivity index (χ0) is 16.5. The van der Waals surface area contributed by atoms with E-state index in [1.807, 2.05) is 17.5 Å². The summed E-state index contributed by atoms with van der Waals surface area (Å²) in [6, 6.07) is 4.20. The minimum absolute atomic E-state index is 0.0164. The van der Waals surface area contributed by atoms with Crippen LogP contribution < -0.4 is 4.90 Å². The van der Waals surface area contributed by atoms with Gasteiger partial charge < -0.3 is 4.52 Å². The molecule has 10 heteroatoms. The van der Waals surface area contributed by atoms with Gasteiger partial charge >= 0.3 is 0 Å². The van der Waals surface area contributed by atoms with Gasteiger partial charge in [-0.05, 0) is 24.3 Å². The van der Waals surface area contributed by atoms with Crippen LogP contribution in [0.15, 0.2) is 26.4 Å². The van der Waals surface area contributed by atoms with E-state index in [0.717, 1.165) is 22.1 Å². The largest absolute Gasteiger partial charge is 0.338 e. The molecular formula is C14H13N5O2S3. The zero-order valence-electron chi connectivity index (χ0n) is 12.7. The van der Waals surface area contributed by atoms with Crippen molar-refractivity contribution in [3.63, 3.8) is 0 Å². The van der Waals surface area contributed by atoms with E-state index >= 15 is 0 Å². The van der Waals surface area contributed by atoms with Gasteiger partial charge in [-0.15, -0.1) is 21.5 Å². The molecule has 3 aromatic rings. The van der Waals surface area contributed by atoms with E-state index in [4.69, 9.17) is 4.52 Å². The molecule has 0 atom stereocenters. The molecule has 4 rings (SSSR count). The quantitative estimate of drug-likeness (QED) is 0.479. The van der Waals surface area contributed by atoms with Crippen LogP contribution in [0.5, 0.6) is 0 Å². The molecule has 0 aliphatic heterocycles. The Morgan fingerprint density at radius 3 is 3.04 bits per heavy atom. The highest BCUT2D eigenvalue weighted by molar-refractivity contribution is 8.00. The summed E-state index contributed by atoms with van der Waals surface area (Å²) in [6.07, 6.45) is 2.07. The maximum atomic E-state index is 11.8. The second-order valence-corrected chi connectivity index (χ2v) is 8.37. The van der Waals surface area contributed by atoms with E-state index in [9.17, 15) is 4.79 Å². The smallest absolute Gasteiger partial charge is 0.237 e. The number of hydrogen-bond acceptors (Lipinski definition) is 9. The second kappa shape index (κ2) is 6.61. The van der Waals surface area contributed by atoms with E-state index in [-0.39, 0.29) is 11.9 Å². The van der Waals surface area contributed by atoms with Crippen LogP contribution in [0, 0.1) is 0 Å². The number of aromatic nitrogens is 4. The number of amides is 1. The van der Waals surface area contributed by atoms with Crippen LogP contribution in [0.2, 0.25) is 0 Å². The van der Waals surface area contributed by atoms with Crippen LogP contribution in [0.4, 0.5) is 5.13 Å². The fraction of sp³-hybridized carbons (Fsp3) is 0.357. The van der Waals surface area contributed by atoms with Gasteiger partial charge in [0, 0.05) is 13.0 Å². The number of anilines is 1. The standard InChI is InChI=1S/C14H13N5O2S3/c1-8(20)19(9-4-5-9)13-16-17-14(24-13)23-7-11-15-12(18-21-11)10-3-2-6-22-10/h2-3,6,9H,4-5,7H2,1H3. The van der Waals surface area contributed by atoms with Crippen molar-refractivity contribution in [3.05, 3.63) is 23.4 Å². The highest BCUT2D eigenvalue weighted by Crippen LogP contribution is 2.36. The number of carbonyl (C=O) groups is 1. The average molecular weight is 379 g/mol.